The number of hydrogen-bond acceptors (Lipinski definition) is 6. The predicted octanol–water partition coefficient (Wildman–Crippen LogP) is 0.655. The van der Waals surface area contributed by atoms with E-state index in [-0.39, 0.29) is 5.92 Å². The molecule has 0 radical (unpaired) electrons. The minimum absolute atomic E-state index is 0.0224. The highest BCUT2D eigenvalue weighted by molar-refractivity contribution is 6.09. The Balaban J connectivity index is 1.84. The lowest BCUT2D eigenvalue weighted by molar-refractivity contribution is -0.151. The van der Waals surface area contributed by atoms with Gasteiger partial charge in [-0.1, -0.05) is 19.8 Å². The maximum atomic E-state index is 12.8. The lowest BCUT2D eigenvalue weighted by Crippen LogP contribution is -2.54. The number of imide groups is 2. The first-order valence-corrected chi connectivity index (χ1v) is 9.36. The van der Waals surface area contributed by atoms with Gasteiger partial charge < -0.3 is 15.4 Å². The Kier molecular flexibility index (Phi) is 6.30. The molecule has 0 unspecified atom stereocenters. The molecule has 2 aliphatic rings. The first kappa shape index (κ1) is 21.6. The van der Waals surface area contributed by atoms with Crippen LogP contribution in [0.4, 0.5) is 9.59 Å². The van der Waals surface area contributed by atoms with E-state index in [0.717, 1.165) is 24.2 Å². The number of hydrogen-bond donors (Lipinski definition) is 3. The molecule has 0 aromatic carbocycles. The maximum absolute atomic E-state index is 12.8. The topological polar surface area (TPSA) is 134 Å². The number of esters is 1. The fourth-order valence-corrected chi connectivity index (χ4v) is 3.49. The van der Waals surface area contributed by atoms with E-state index in [2.05, 4.69) is 10.6 Å². The van der Waals surface area contributed by atoms with E-state index in [1.807, 2.05) is 12.2 Å². The van der Waals surface area contributed by atoms with Crippen LogP contribution in [0.2, 0.25) is 0 Å². The van der Waals surface area contributed by atoms with Crippen molar-refractivity contribution < 1.29 is 28.7 Å². The van der Waals surface area contributed by atoms with Gasteiger partial charge in [-0.15, -0.1) is 0 Å². The van der Waals surface area contributed by atoms with Crippen molar-refractivity contribution in [3.05, 3.63) is 0 Å². The number of urea groups is 2. The van der Waals surface area contributed by atoms with Crippen LogP contribution in [-0.4, -0.2) is 59.0 Å². The minimum Gasteiger partial charge on any atom is -0.454 e. The summed E-state index contributed by atoms with van der Waals surface area (Å²) >= 11 is 0. The quantitative estimate of drug-likeness (QED) is 0.472. The third-order valence-corrected chi connectivity index (χ3v) is 4.89. The molecule has 1 aliphatic heterocycles. The first-order chi connectivity index (χ1) is 12.9. The summed E-state index contributed by atoms with van der Waals surface area (Å²) in [6.45, 7) is 5.87. The van der Waals surface area contributed by atoms with Gasteiger partial charge in [0.1, 0.15) is 12.1 Å². The van der Waals surface area contributed by atoms with Crippen LogP contribution in [0.15, 0.2) is 0 Å². The molecular weight excluding hydrogens is 368 g/mol. The van der Waals surface area contributed by atoms with Gasteiger partial charge in [-0.05, 0) is 39.5 Å². The van der Waals surface area contributed by atoms with E-state index in [9.17, 15) is 24.0 Å². The molecule has 1 saturated heterocycles. The summed E-state index contributed by atoms with van der Waals surface area (Å²) in [6.07, 6.45) is 3.17. The fraction of sp³-hybridized carbons (Fsp3) is 0.722. The highest BCUT2D eigenvalue weighted by Gasteiger charge is 2.55. The first-order valence-electron chi connectivity index (χ1n) is 9.36. The summed E-state index contributed by atoms with van der Waals surface area (Å²) in [6, 6.07) is -1.35. The number of ether oxygens (including phenoxy) is 1. The van der Waals surface area contributed by atoms with E-state index in [1.165, 1.54) is 0 Å². The van der Waals surface area contributed by atoms with Crippen molar-refractivity contribution in [2.75, 3.05) is 13.2 Å². The highest BCUT2D eigenvalue weighted by atomic mass is 16.5. The predicted molar refractivity (Wildman–Crippen MR) is 98.0 cm³/mol. The Morgan fingerprint density at radius 1 is 1.25 bits per heavy atom. The summed E-state index contributed by atoms with van der Waals surface area (Å²) in [5.74, 6) is -2.18. The second-order valence-electron chi connectivity index (χ2n) is 8.35. The molecule has 2 rings (SSSR count). The van der Waals surface area contributed by atoms with Gasteiger partial charge in [-0.2, -0.15) is 0 Å². The SMILES string of the molecule is C[C@@H]1CCCC[C@@]12NC(=O)N(CC(=O)OCC(=O)NC(=O)NC(C)(C)C)C2=O. The molecule has 156 valence electrons. The van der Waals surface area contributed by atoms with Crippen molar-refractivity contribution in [2.45, 2.75) is 64.5 Å². The molecule has 6 amide bonds. The van der Waals surface area contributed by atoms with Crippen LogP contribution in [-0.2, 0) is 19.1 Å². The number of amides is 6. The van der Waals surface area contributed by atoms with Gasteiger partial charge in [0.15, 0.2) is 6.61 Å². The van der Waals surface area contributed by atoms with Gasteiger partial charge in [0.05, 0.1) is 0 Å². The summed E-state index contributed by atoms with van der Waals surface area (Å²) < 4.78 is 4.79. The van der Waals surface area contributed by atoms with Gasteiger partial charge in [0, 0.05) is 5.54 Å². The average molecular weight is 396 g/mol. The Bertz CT molecular complexity index is 686. The Hall–Kier alpha value is -2.65. The standard InChI is InChI=1S/C18H28N4O6/c1-11-7-5-6-8-18(11)14(25)22(16(27)21-18)9-13(24)28-10-12(23)19-15(26)20-17(2,3)4/h11H,5-10H2,1-4H3,(H,21,27)(H2,19,20,23,26)/t11-,18-/m1/s1. The van der Waals surface area contributed by atoms with Crippen molar-refractivity contribution >= 4 is 29.8 Å². The minimum atomic E-state index is -0.960. The molecule has 10 nitrogen and oxygen atoms in total. The van der Waals surface area contributed by atoms with Crippen molar-refractivity contribution in [1.29, 1.82) is 0 Å². The lowest BCUT2D eigenvalue weighted by atomic mass is 9.73. The summed E-state index contributed by atoms with van der Waals surface area (Å²) in [5, 5.41) is 7.29. The molecular formula is C18H28N4O6. The molecule has 1 heterocycles. The second kappa shape index (κ2) is 8.15. The van der Waals surface area contributed by atoms with E-state index >= 15 is 0 Å². The van der Waals surface area contributed by atoms with Crippen molar-refractivity contribution in [3.8, 4) is 0 Å². The van der Waals surface area contributed by atoms with Crippen LogP contribution in [0.1, 0.15) is 53.4 Å². The zero-order valence-corrected chi connectivity index (χ0v) is 16.7. The molecule has 1 spiro atoms. The smallest absolute Gasteiger partial charge is 0.326 e. The molecule has 2 fully saturated rings. The number of nitrogens with zero attached hydrogens (tertiary/aromatic N) is 1. The molecule has 1 saturated carbocycles. The maximum Gasteiger partial charge on any atom is 0.326 e. The summed E-state index contributed by atoms with van der Waals surface area (Å²) in [5.41, 5.74) is -1.49. The fourth-order valence-electron chi connectivity index (χ4n) is 3.49. The van der Waals surface area contributed by atoms with Crippen LogP contribution in [0, 0.1) is 5.92 Å². The number of rotatable bonds is 4. The zero-order chi connectivity index (χ0) is 21.1. The van der Waals surface area contributed by atoms with Gasteiger partial charge >= 0.3 is 18.0 Å². The number of nitrogens with one attached hydrogen (secondary N) is 3. The van der Waals surface area contributed by atoms with Gasteiger partial charge in [-0.25, -0.2) is 9.59 Å². The van der Waals surface area contributed by atoms with Gasteiger partial charge in [-0.3, -0.25) is 24.6 Å². The molecule has 2 atom stereocenters. The molecule has 0 bridgehead atoms. The molecule has 3 N–H and O–H groups in total. The second-order valence-corrected chi connectivity index (χ2v) is 8.35. The highest BCUT2D eigenvalue weighted by Crippen LogP contribution is 2.38. The number of carbonyl (C=O) groups is 5. The molecule has 1 aliphatic carbocycles. The van der Waals surface area contributed by atoms with Crippen molar-refractivity contribution in [1.82, 2.24) is 20.9 Å². The lowest BCUT2D eigenvalue weighted by Gasteiger charge is -2.36. The summed E-state index contributed by atoms with van der Waals surface area (Å²) in [4.78, 5) is 61.1. The Morgan fingerprint density at radius 2 is 1.93 bits per heavy atom. The Morgan fingerprint density at radius 3 is 2.54 bits per heavy atom. The molecule has 10 heteroatoms. The molecule has 0 aromatic rings. The van der Waals surface area contributed by atoms with Crippen molar-refractivity contribution in [3.63, 3.8) is 0 Å². The largest absolute Gasteiger partial charge is 0.454 e. The average Bonchev–Trinajstić information content (AvgIpc) is 2.79. The van der Waals surface area contributed by atoms with Crippen LogP contribution < -0.4 is 16.0 Å². The van der Waals surface area contributed by atoms with E-state index in [0.29, 0.717) is 6.42 Å². The van der Waals surface area contributed by atoms with Crippen molar-refractivity contribution in [2.24, 2.45) is 5.92 Å². The normalized spacial score (nSPS) is 24.7. The van der Waals surface area contributed by atoms with E-state index in [4.69, 9.17) is 4.74 Å². The number of carbonyl (C=O) groups excluding carboxylic acids is 5. The van der Waals surface area contributed by atoms with Gasteiger partial charge in [0.2, 0.25) is 0 Å². The van der Waals surface area contributed by atoms with Crippen LogP contribution in [0.25, 0.3) is 0 Å². The Labute approximate surface area is 163 Å². The van der Waals surface area contributed by atoms with E-state index in [1.54, 1.807) is 20.8 Å². The van der Waals surface area contributed by atoms with Crippen LogP contribution >= 0.6 is 0 Å². The third kappa shape index (κ3) is 4.99. The summed E-state index contributed by atoms with van der Waals surface area (Å²) in [7, 11) is 0. The molecule has 0 aromatic heterocycles. The van der Waals surface area contributed by atoms with Crippen LogP contribution in [0.5, 0.6) is 0 Å². The van der Waals surface area contributed by atoms with E-state index < -0.39 is 54.1 Å². The zero-order valence-electron chi connectivity index (χ0n) is 16.7. The monoisotopic (exact) mass is 396 g/mol. The van der Waals surface area contributed by atoms with Gasteiger partial charge in [0.25, 0.3) is 11.8 Å². The van der Waals surface area contributed by atoms with Crippen LogP contribution in [0.3, 0.4) is 0 Å². The third-order valence-electron chi connectivity index (χ3n) is 4.89. The molecule has 28 heavy (non-hydrogen) atoms.